The molecular weight excluding hydrogens is 422 g/mol. The second-order valence-electron chi connectivity index (χ2n) is 8.27. The first-order valence-corrected chi connectivity index (χ1v) is 12.1. The van der Waals surface area contributed by atoms with Gasteiger partial charge in [-0.2, -0.15) is 0 Å². The van der Waals surface area contributed by atoms with Gasteiger partial charge in [0.2, 0.25) is 0 Å². The van der Waals surface area contributed by atoms with E-state index >= 15 is 0 Å². The van der Waals surface area contributed by atoms with Crippen molar-refractivity contribution in [2.75, 3.05) is 33.8 Å². The zero-order valence-corrected chi connectivity index (χ0v) is 21.1. The van der Waals surface area contributed by atoms with Crippen LogP contribution >= 0.6 is 0 Å². The van der Waals surface area contributed by atoms with Gasteiger partial charge in [-0.3, -0.25) is 9.80 Å². The summed E-state index contributed by atoms with van der Waals surface area (Å²) in [5.41, 5.74) is 0.887. The Morgan fingerprint density at radius 2 is 1.39 bits per heavy atom. The topological polar surface area (TPSA) is 46.9 Å². The average Bonchev–Trinajstić information content (AvgIpc) is 3.39. The standard InChI is InChI=1S/C12H16FNO2.C11H14FN.2C2H6/c1-14-7-12(16,8-15)6-11(14)9-3-2-4-10(13)5-9;1-13-7-3-6-11(13)9-4-2-5-10(12)8-9;2*1-2/h2-5,11,15-16H,6-8H2,1H3;2,4-5,8,11H,3,6-7H2,1H3;2*1-2H3. The quantitative estimate of drug-likeness (QED) is 0.623. The predicted octanol–water partition coefficient (Wildman–Crippen LogP) is 5.57. The number of likely N-dealkylation sites (tertiary alicyclic amines) is 2. The minimum absolute atomic E-state index is 0.0344. The van der Waals surface area contributed by atoms with Crippen molar-refractivity contribution in [3.63, 3.8) is 0 Å². The van der Waals surface area contributed by atoms with Crippen molar-refractivity contribution in [1.82, 2.24) is 9.80 Å². The Bertz CT molecular complexity index is 820. The van der Waals surface area contributed by atoms with Crippen molar-refractivity contribution in [2.45, 2.75) is 64.6 Å². The molecule has 33 heavy (non-hydrogen) atoms. The summed E-state index contributed by atoms with van der Waals surface area (Å²) in [5, 5.41) is 19.1. The number of hydrogen-bond acceptors (Lipinski definition) is 4. The lowest BCUT2D eigenvalue weighted by molar-refractivity contribution is -0.00407. The molecule has 0 saturated carbocycles. The first-order chi connectivity index (χ1) is 15.8. The van der Waals surface area contributed by atoms with Crippen molar-refractivity contribution in [3.8, 4) is 0 Å². The molecule has 2 saturated heterocycles. The molecule has 4 rings (SSSR count). The van der Waals surface area contributed by atoms with Crippen molar-refractivity contribution in [3.05, 3.63) is 71.3 Å². The number of likely N-dealkylation sites (N-methyl/N-ethyl adjacent to an activating group) is 1. The van der Waals surface area contributed by atoms with E-state index in [4.69, 9.17) is 5.11 Å². The summed E-state index contributed by atoms with van der Waals surface area (Å²) in [6, 6.07) is 13.7. The van der Waals surface area contributed by atoms with Crippen LogP contribution in [0.4, 0.5) is 8.78 Å². The van der Waals surface area contributed by atoms with Crippen LogP contribution < -0.4 is 0 Å². The molecule has 0 bridgehead atoms. The van der Waals surface area contributed by atoms with Crippen molar-refractivity contribution >= 4 is 0 Å². The van der Waals surface area contributed by atoms with E-state index in [1.54, 1.807) is 18.2 Å². The molecule has 0 radical (unpaired) electrons. The molecule has 2 aromatic carbocycles. The van der Waals surface area contributed by atoms with E-state index in [0.29, 0.717) is 19.0 Å². The largest absolute Gasteiger partial charge is 0.393 e. The number of aliphatic hydroxyl groups excluding tert-OH is 1. The summed E-state index contributed by atoms with van der Waals surface area (Å²) in [6.45, 7) is 9.27. The van der Waals surface area contributed by atoms with E-state index in [0.717, 1.165) is 24.1 Å². The lowest BCUT2D eigenvalue weighted by Gasteiger charge is -2.19. The maximum absolute atomic E-state index is 13.1. The van der Waals surface area contributed by atoms with Gasteiger partial charge in [0.15, 0.2) is 0 Å². The third-order valence-electron chi connectivity index (χ3n) is 5.93. The van der Waals surface area contributed by atoms with Gasteiger partial charge in [0.1, 0.15) is 17.2 Å². The Kier molecular flexibility index (Phi) is 12.7. The molecule has 2 aliphatic heterocycles. The fourth-order valence-electron chi connectivity index (χ4n) is 4.40. The molecular formula is C27H42F2N2O2. The van der Waals surface area contributed by atoms with Crippen LogP contribution in [0.1, 0.15) is 70.2 Å². The summed E-state index contributed by atoms with van der Waals surface area (Å²) in [4.78, 5) is 4.22. The molecule has 2 aliphatic rings. The highest BCUT2D eigenvalue weighted by atomic mass is 19.1. The van der Waals surface area contributed by atoms with Gasteiger partial charge in [-0.25, -0.2) is 8.78 Å². The van der Waals surface area contributed by atoms with E-state index < -0.39 is 5.60 Å². The Balaban J connectivity index is 0.000000291. The Morgan fingerprint density at radius 3 is 1.79 bits per heavy atom. The number of benzene rings is 2. The number of β-amino-alcohol motifs (C(OH)–C–C–N with tert-alkyl or cyclic N) is 1. The average molecular weight is 465 g/mol. The van der Waals surface area contributed by atoms with Gasteiger partial charge >= 0.3 is 0 Å². The van der Waals surface area contributed by atoms with E-state index in [9.17, 15) is 13.9 Å². The SMILES string of the molecule is CC.CC.CN1CC(O)(CO)CC1c1cccc(F)c1.CN1CCCC1c1cccc(F)c1. The number of nitrogens with zero attached hydrogens (tertiary/aromatic N) is 2. The molecule has 0 aromatic heterocycles. The molecule has 186 valence electrons. The van der Waals surface area contributed by atoms with Crippen LogP contribution in [-0.4, -0.2) is 59.4 Å². The fourth-order valence-corrected chi connectivity index (χ4v) is 4.40. The van der Waals surface area contributed by atoms with Gasteiger partial charge in [0, 0.05) is 18.6 Å². The lowest BCUT2D eigenvalue weighted by Crippen LogP contribution is -2.35. The van der Waals surface area contributed by atoms with Gasteiger partial charge < -0.3 is 10.2 Å². The molecule has 2 aromatic rings. The highest BCUT2D eigenvalue weighted by molar-refractivity contribution is 5.23. The Hall–Kier alpha value is -1.86. The molecule has 2 N–H and O–H groups in total. The normalized spacial score (nSPS) is 24.7. The second-order valence-corrected chi connectivity index (χ2v) is 8.27. The smallest absolute Gasteiger partial charge is 0.123 e. The summed E-state index contributed by atoms with van der Waals surface area (Å²) in [7, 11) is 3.96. The van der Waals surface area contributed by atoms with Crippen LogP contribution in [0, 0.1) is 11.6 Å². The zero-order chi connectivity index (χ0) is 25.0. The number of hydrogen-bond donors (Lipinski definition) is 2. The van der Waals surface area contributed by atoms with Crippen LogP contribution in [-0.2, 0) is 0 Å². The summed E-state index contributed by atoms with van der Waals surface area (Å²) in [6.07, 6.45) is 2.81. The van der Waals surface area contributed by atoms with Gasteiger partial charge in [0.05, 0.1) is 6.61 Å². The van der Waals surface area contributed by atoms with E-state index in [1.165, 1.54) is 24.6 Å². The minimum atomic E-state index is -1.06. The highest BCUT2D eigenvalue weighted by Crippen LogP contribution is 2.36. The van der Waals surface area contributed by atoms with Crippen molar-refractivity contribution in [2.24, 2.45) is 0 Å². The van der Waals surface area contributed by atoms with Gasteiger partial charge in [-0.05, 0) is 75.3 Å². The molecule has 0 aliphatic carbocycles. The molecule has 3 unspecified atom stereocenters. The molecule has 0 amide bonds. The number of aliphatic hydroxyl groups is 2. The maximum atomic E-state index is 13.1. The molecule has 0 spiro atoms. The first kappa shape index (κ1) is 29.2. The van der Waals surface area contributed by atoms with Crippen LogP contribution in [0.15, 0.2) is 48.5 Å². The van der Waals surface area contributed by atoms with Gasteiger partial charge in [-0.1, -0.05) is 52.0 Å². The van der Waals surface area contributed by atoms with Crippen LogP contribution in [0.3, 0.4) is 0 Å². The summed E-state index contributed by atoms with van der Waals surface area (Å²) < 4.78 is 26.0. The van der Waals surface area contributed by atoms with E-state index in [1.807, 2.05) is 51.8 Å². The van der Waals surface area contributed by atoms with Gasteiger partial charge in [0.25, 0.3) is 0 Å². The number of rotatable bonds is 3. The van der Waals surface area contributed by atoms with Gasteiger partial charge in [-0.15, -0.1) is 0 Å². The summed E-state index contributed by atoms with van der Waals surface area (Å²) >= 11 is 0. The monoisotopic (exact) mass is 464 g/mol. The first-order valence-electron chi connectivity index (χ1n) is 12.1. The second kappa shape index (κ2) is 14.4. The Labute approximate surface area is 198 Å². The zero-order valence-electron chi connectivity index (χ0n) is 21.1. The highest BCUT2D eigenvalue weighted by Gasteiger charge is 2.41. The summed E-state index contributed by atoms with van der Waals surface area (Å²) in [5.74, 6) is -0.400. The third kappa shape index (κ3) is 8.45. The molecule has 4 nitrogen and oxygen atoms in total. The fraction of sp³-hybridized carbons (Fsp3) is 0.556. The third-order valence-corrected chi connectivity index (χ3v) is 5.93. The maximum Gasteiger partial charge on any atom is 0.123 e. The van der Waals surface area contributed by atoms with E-state index in [2.05, 4.69) is 11.9 Å². The van der Waals surface area contributed by atoms with Crippen molar-refractivity contribution < 1.29 is 19.0 Å². The van der Waals surface area contributed by atoms with Crippen LogP contribution in [0.25, 0.3) is 0 Å². The molecule has 6 heteroatoms. The Morgan fingerprint density at radius 1 is 0.879 bits per heavy atom. The lowest BCUT2D eigenvalue weighted by atomic mass is 9.97. The molecule has 2 fully saturated rings. The van der Waals surface area contributed by atoms with Crippen LogP contribution in [0.5, 0.6) is 0 Å². The minimum Gasteiger partial charge on any atom is -0.393 e. The van der Waals surface area contributed by atoms with E-state index in [-0.39, 0.29) is 24.3 Å². The molecule has 3 atom stereocenters. The van der Waals surface area contributed by atoms with Crippen LogP contribution in [0.2, 0.25) is 0 Å². The molecule has 2 heterocycles. The van der Waals surface area contributed by atoms with Crippen molar-refractivity contribution in [1.29, 1.82) is 0 Å². The number of halogens is 2. The predicted molar refractivity (Wildman–Crippen MR) is 132 cm³/mol.